The number of anilines is 2. The number of hydrogen-bond acceptors (Lipinski definition) is 5. The fraction of sp³-hybridized carbons (Fsp3) is 0.143. The number of rotatable bonds is 3. The number of nitrogens with zero attached hydrogens (tertiary/aromatic N) is 1. The van der Waals surface area contributed by atoms with E-state index in [1.807, 2.05) is 0 Å². The molecule has 0 aromatic heterocycles. The van der Waals surface area contributed by atoms with Gasteiger partial charge in [0.1, 0.15) is 11.4 Å². The Morgan fingerprint density at radius 3 is 2.46 bits per heavy atom. The normalized spacial score (nSPS) is 12.5. The van der Waals surface area contributed by atoms with Crippen LogP contribution in [0, 0.1) is 0 Å². The van der Waals surface area contributed by atoms with E-state index in [2.05, 4.69) is 4.28 Å². The van der Waals surface area contributed by atoms with Crippen LogP contribution in [0.2, 0.25) is 0 Å². The minimum absolute atomic E-state index is 0.610. The van der Waals surface area contributed by atoms with Crippen LogP contribution in [0.1, 0.15) is 0 Å². The molecular weight excluding hydrogens is 192 g/mol. The molecule has 0 fully saturated rings. The smallest absolute Gasteiger partial charge is 0.112 e. The molecule has 0 aliphatic heterocycles. The van der Waals surface area contributed by atoms with E-state index in [0.29, 0.717) is 11.4 Å². The first-order valence-corrected chi connectivity index (χ1v) is 4.46. The Balaban J connectivity index is 2.71. The largest absolute Gasteiger partial charge is 0.748 e. The van der Waals surface area contributed by atoms with Gasteiger partial charge in [-0.2, -0.15) is 4.28 Å². The maximum Gasteiger partial charge on any atom is 0.112 e. The van der Waals surface area contributed by atoms with Crippen molar-refractivity contribution in [3.63, 3.8) is 0 Å². The molecule has 1 rings (SSSR count). The van der Waals surface area contributed by atoms with Gasteiger partial charge in [0.2, 0.25) is 0 Å². The van der Waals surface area contributed by atoms with E-state index in [1.54, 1.807) is 24.3 Å². The fourth-order valence-electron chi connectivity index (χ4n) is 0.819. The van der Waals surface area contributed by atoms with E-state index >= 15 is 0 Å². The van der Waals surface area contributed by atoms with Crippen LogP contribution >= 0.6 is 0 Å². The van der Waals surface area contributed by atoms with E-state index in [-0.39, 0.29) is 0 Å². The quantitative estimate of drug-likeness (QED) is 0.436. The zero-order valence-corrected chi connectivity index (χ0v) is 7.78. The van der Waals surface area contributed by atoms with Crippen LogP contribution in [0.5, 0.6) is 0 Å². The molecule has 0 amide bonds. The lowest BCUT2D eigenvalue weighted by atomic mass is 10.3. The summed E-state index contributed by atoms with van der Waals surface area (Å²) in [4.78, 5) is 0. The van der Waals surface area contributed by atoms with Crippen LogP contribution in [0.25, 0.3) is 0 Å². The number of hydrogen-bond donors (Lipinski definition) is 1. The third kappa shape index (κ3) is 3.02. The lowest BCUT2D eigenvalue weighted by Crippen LogP contribution is -2.18. The van der Waals surface area contributed by atoms with E-state index in [9.17, 15) is 8.76 Å². The molecular formula is C7H9N2O3S-. The first-order chi connectivity index (χ1) is 6.09. The number of benzene rings is 1. The molecule has 0 saturated carbocycles. The number of hydroxylamine groups is 1. The molecule has 13 heavy (non-hydrogen) atoms. The topological polar surface area (TPSA) is 78.6 Å². The van der Waals surface area contributed by atoms with Crippen LogP contribution in [0.4, 0.5) is 11.4 Å². The lowest BCUT2D eigenvalue weighted by Gasteiger charge is -2.18. The summed E-state index contributed by atoms with van der Waals surface area (Å²) >= 11 is -2.56. The third-order valence-electron chi connectivity index (χ3n) is 1.43. The van der Waals surface area contributed by atoms with Crippen molar-refractivity contribution in [3.05, 3.63) is 24.3 Å². The van der Waals surface area contributed by atoms with Crippen molar-refractivity contribution in [2.75, 3.05) is 17.8 Å². The summed E-state index contributed by atoms with van der Waals surface area (Å²) in [5, 5.41) is 1.13. The van der Waals surface area contributed by atoms with Gasteiger partial charge in [0.15, 0.2) is 0 Å². The average molecular weight is 201 g/mol. The molecule has 0 bridgehead atoms. The molecule has 0 spiro atoms. The fourth-order valence-corrected chi connectivity index (χ4v) is 1.09. The first kappa shape index (κ1) is 9.97. The van der Waals surface area contributed by atoms with Crippen LogP contribution in [0.3, 0.4) is 0 Å². The van der Waals surface area contributed by atoms with Crippen molar-refractivity contribution in [1.82, 2.24) is 0 Å². The van der Waals surface area contributed by atoms with Gasteiger partial charge in [0, 0.05) is 12.7 Å². The van der Waals surface area contributed by atoms with Gasteiger partial charge in [0.25, 0.3) is 0 Å². The minimum Gasteiger partial charge on any atom is -0.748 e. The second-order valence-corrected chi connectivity index (χ2v) is 2.92. The molecule has 1 unspecified atom stereocenters. The Hall–Kier alpha value is -1.11. The van der Waals surface area contributed by atoms with Gasteiger partial charge in [-0.15, -0.1) is 0 Å². The second-order valence-electron chi connectivity index (χ2n) is 2.37. The Kier molecular flexibility index (Phi) is 3.24. The summed E-state index contributed by atoms with van der Waals surface area (Å²) in [5.74, 6) is 0. The van der Waals surface area contributed by atoms with Gasteiger partial charge in [-0.25, -0.2) is 9.27 Å². The lowest BCUT2D eigenvalue weighted by molar-refractivity contribution is 0.289. The van der Waals surface area contributed by atoms with Crippen molar-refractivity contribution >= 4 is 22.7 Å². The highest BCUT2D eigenvalue weighted by molar-refractivity contribution is 7.74. The third-order valence-corrected chi connectivity index (χ3v) is 1.77. The highest BCUT2D eigenvalue weighted by Crippen LogP contribution is 2.14. The molecule has 0 aliphatic rings. The average Bonchev–Trinajstić information content (AvgIpc) is 2.04. The molecule has 0 heterocycles. The highest BCUT2D eigenvalue weighted by Gasteiger charge is 1.99. The zero-order chi connectivity index (χ0) is 9.84. The molecule has 0 saturated heterocycles. The van der Waals surface area contributed by atoms with Crippen LogP contribution in [-0.2, 0) is 15.6 Å². The van der Waals surface area contributed by atoms with Crippen molar-refractivity contribution in [2.45, 2.75) is 0 Å². The first-order valence-electron chi connectivity index (χ1n) is 3.46. The summed E-state index contributed by atoms with van der Waals surface area (Å²) in [6.07, 6.45) is 0. The van der Waals surface area contributed by atoms with Crippen LogP contribution in [0.15, 0.2) is 24.3 Å². The predicted octanol–water partition coefficient (Wildman–Crippen LogP) is 0.431. The van der Waals surface area contributed by atoms with Crippen molar-refractivity contribution in [1.29, 1.82) is 0 Å². The summed E-state index contributed by atoms with van der Waals surface area (Å²) in [6.45, 7) is 0. The van der Waals surface area contributed by atoms with Crippen LogP contribution < -0.4 is 10.8 Å². The monoisotopic (exact) mass is 201 g/mol. The molecule has 0 aliphatic carbocycles. The zero-order valence-electron chi connectivity index (χ0n) is 6.97. The Bertz CT molecular complexity index is 301. The molecule has 0 radical (unpaired) electrons. The summed E-state index contributed by atoms with van der Waals surface area (Å²) in [7, 11) is 1.49. The standard InChI is InChI=1S/C7H10N2O3S/c1-9(12-13(10)11)7-4-2-6(8)3-5-7/h2-5H,8H2,1H3,(H,10,11)/p-1. The number of nitrogens with two attached hydrogens (primary N) is 1. The van der Waals surface area contributed by atoms with E-state index in [1.165, 1.54) is 7.05 Å². The van der Waals surface area contributed by atoms with E-state index in [0.717, 1.165) is 5.06 Å². The van der Waals surface area contributed by atoms with Crippen LogP contribution in [-0.4, -0.2) is 15.8 Å². The van der Waals surface area contributed by atoms with Gasteiger partial charge in [-0.1, -0.05) is 0 Å². The minimum atomic E-state index is -2.56. The van der Waals surface area contributed by atoms with E-state index in [4.69, 9.17) is 5.73 Å². The van der Waals surface area contributed by atoms with Gasteiger partial charge in [0.05, 0.1) is 5.69 Å². The Labute approximate surface area is 78.6 Å². The van der Waals surface area contributed by atoms with Crippen molar-refractivity contribution < 1.29 is 13.0 Å². The molecule has 72 valence electrons. The molecule has 2 N–H and O–H groups in total. The maximum absolute atomic E-state index is 10.2. The second kappa shape index (κ2) is 4.22. The van der Waals surface area contributed by atoms with Gasteiger partial charge >= 0.3 is 0 Å². The summed E-state index contributed by atoms with van der Waals surface area (Å²) < 4.78 is 24.7. The van der Waals surface area contributed by atoms with Gasteiger partial charge in [-0.3, -0.25) is 0 Å². The molecule has 1 atom stereocenters. The highest BCUT2D eigenvalue weighted by atomic mass is 32.2. The molecule has 6 heteroatoms. The van der Waals surface area contributed by atoms with Crippen molar-refractivity contribution in [3.8, 4) is 0 Å². The SMILES string of the molecule is CN(OS(=O)[O-])c1ccc(N)cc1. The Morgan fingerprint density at radius 2 is 2.00 bits per heavy atom. The van der Waals surface area contributed by atoms with Gasteiger partial charge < -0.3 is 10.3 Å². The van der Waals surface area contributed by atoms with E-state index < -0.39 is 11.4 Å². The predicted molar refractivity (Wildman–Crippen MR) is 49.3 cm³/mol. The molecule has 1 aromatic carbocycles. The molecule has 1 aromatic rings. The van der Waals surface area contributed by atoms with Gasteiger partial charge in [-0.05, 0) is 24.3 Å². The Morgan fingerprint density at radius 1 is 1.46 bits per heavy atom. The molecule has 5 nitrogen and oxygen atoms in total. The maximum atomic E-state index is 10.2. The summed E-state index contributed by atoms with van der Waals surface area (Å²) in [6, 6.07) is 6.62. The van der Waals surface area contributed by atoms with Crippen molar-refractivity contribution in [2.24, 2.45) is 0 Å². The summed E-state index contributed by atoms with van der Waals surface area (Å²) in [5.41, 5.74) is 6.67. The number of nitrogen functional groups attached to an aromatic ring is 1.